The minimum atomic E-state index is -1.41. The molecular weight excluding hydrogens is 493 g/mol. The number of halogens is 1. The molecule has 0 spiro atoms. The fraction of sp³-hybridized carbons (Fsp3) is 0.750. The molecule has 9 nitrogen and oxygen atoms in total. The number of aliphatic hydroxyl groups excluding tert-OH is 2. The molecule has 1 aromatic heterocycles. The van der Waals surface area contributed by atoms with Crippen molar-refractivity contribution < 1.29 is 28.9 Å². The largest absolute Gasteiger partial charge is 0.449 e. The van der Waals surface area contributed by atoms with Crippen molar-refractivity contribution in [3.63, 3.8) is 0 Å². The molecule has 1 amide bonds. The lowest BCUT2D eigenvalue weighted by Gasteiger charge is -2.17. The van der Waals surface area contributed by atoms with Crippen LogP contribution in [0.25, 0.3) is 0 Å². The summed E-state index contributed by atoms with van der Waals surface area (Å²) in [7, 11) is 0. The molecule has 10 heteroatoms. The summed E-state index contributed by atoms with van der Waals surface area (Å²) in [6.07, 6.45) is 16.4. The van der Waals surface area contributed by atoms with Gasteiger partial charge >= 0.3 is 11.8 Å². The van der Waals surface area contributed by atoms with Crippen molar-refractivity contribution in [1.29, 1.82) is 0 Å². The molecule has 3 N–H and O–H groups in total. The molecule has 1 fully saturated rings. The van der Waals surface area contributed by atoms with E-state index in [9.17, 15) is 24.2 Å². The molecule has 0 aromatic carbocycles. The average Bonchev–Trinajstić information content (AvgIpc) is 3.14. The van der Waals surface area contributed by atoms with E-state index in [2.05, 4.69) is 29.4 Å². The Morgan fingerprint density at radius 2 is 1.61 bits per heavy atom. The highest BCUT2D eigenvalue weighted by molar-refractivity contribution is 5.83. The van der Waals surface area contributed by atoms with E-state index in [0.29, 0.717) is 6.42 Å². The van der Waals surface area contributed by atoms with Crippen LogP contribution in [0.1, 0.15) is 110 Å². The molecule has 38 heavy (non-hydrogen) atoms. The van der Waals surface area contributed by atoms with Gasteiger partial charge in [-0.1, -0.05) is 76.9 Å². The molecule has 216 valence electrons. The Morgan fingerprint density at radius 1 is 1.03 bits per heavy atom. The second-order valence-corrected chi connectivity index (χ2v) is 10.0. The highest BCUT2D eigenvalue weighted by Crippen LogP contribution is 2.28. The van der Waals surface area contributed by atoms with E-state index in [1.54, 1.807) is 0 Å². The van der Waals surface area contributed by atoms with Gasteiger partial charge in [-0.2, -0.15) is 4.98 Å². The van der Waals surface area contributed by atoms with Crippen molar-refractivity contribution in [1.82, 2.24) is 9.55 Å². The molecule has 0 aliphatic carbocycles. The van der Waals surface area contributed by atoms with Crippen LogP contribution >= 0.6 is 0 Å². The van der Waals surface area contributed by atoms with Crippen molar-refractivity contribution in [3.05, 3.63) is 34.7 Å². The smallest absolute Gasteiger partial charge is 0.412 e. The molecule has 0 bridgehead atoms. The monoisotopic (exact) mass is 539 g/mol. The van der Waals surface area contributed by atoms with Crippen LogP contribution in [0.15, 0.2) is 23.1 Å². The number of carbonyl (C=O) groups excluding carboxylic acids is 1. The van der Waals surface area contributed by atoms with E-state index in [1.165, 1.54) is 64.7 Å². The van der Waals surface area contributed by atoms with E-state index in [4.69, 9.17) is 9.47 Å². The molecule has 1 saturated heterocycles. The van der Waals surface area contributed by atoms with Crippen molar-refractivity contribution >= 4 is 11.9 Å². The third kappa shape index (κ3) is 11.2. The number of amides is 1. The van der Waals surface area contributed by atoms with Crippen molar-refractivity contribution in [2.75, 3.05) is 11.9 Å². The van der Waals surface area contributed by atoms with Crippen LogP contribution in [0.3, 0.4) is 0 Å². The van der Waals surface area contributed by atoms with E-state index in [0.717, 1.165) is 36.4 Å². The Morgan fingerprint density at radius 3 is 2.18 bits per heavy atom. The first-order valence-electron chi connectivity index (χ1n) is 14.2. The highest BCUT2D eigenvalue weighted by Gasteiger charge is 2.42. The maximum absolute atomic E-state index is 14.4. The number of rotatable bonds is 18. The van der Waals surface area contributed by atoms with Gasteiger partial charge in [0.25, 0.3) is 0 Å². The number of anilines is 1. The second-order valence-electron chi connectivity index (χ2n) is 10.0. The summed E-state index contributed by atoms with van der Waals surface area (Å²) in [6, 6.07) is 0. The Labute approximate surface area is 225 Å². The van der Waals surface area contributed by atoms with E-state index >= 15 is 0 Å². The number of unbranched alkanes of at least 4 members (excludes halogenated alkanes) is 12. The molecular formula is C28H46FN3O6. The Hall–Kier alpha value is -2.30. The fourth-order valence-corrected chi connectivity index (χ4v) is 4.42. The van der Waals surface area contributed by atoms with Gasteiger partial charge in [0.05, 0.1) is 18.9 Å². The number of nitrogens with zero attached hydrogens (tertiary/aromatic N) is 2. The average molecular weight is 540 g/mol. The normalized spacial score (nSPS) is 21.3. The third-order valence-corrected chi connectivity index (χ3v) is 6.77. The van der Waals surface area contributed by atoms with E-state index in [-0.39, 0.29) is 6.61 Å². The summed E-state index contributed by atoms with van der Waals surface area (Å²) in [5.41, 5.74) is -0.944. The Kier molecular flexibility index (Phi) is 15.2. The van der Waals surface area contributed by atoms with Gasteiger partial charge in [0.1, 0.15) is 12.2 Å². The minimum Gasteiger partial charge on any atom is -0.449 e. The minimum absolute atomic E-state index is 0.184. The Balaban J connectivity index is 1.52. The summed E-state index contributed by atoms with van der Waals surface area (Å²) in [6.45, 7) is 3.95. The van der Waals surface area contributed by atoms with Crippen LogP contribution in [-0.4, -0.2) is 50.8 Å². The number of aliphatic hydroxyl groups is 2. The lowest BCUT2D eigenvalue weighted by molar-refractivity contribution is -0.0355. The van der Waals surface area contributed by atoms with Crippen LogP contribution in [-0.2, 0) is 9.47 Å². The quantitative estimate of drug-likeness (QED) is 0.164. The summed E-state index contributed by atoms with van der Waals surface area (Å²) < 4.78 is 25.5. The topological polar surface area (TPSA) is 123 Å². The van der Waals surface area contributed by atoms with Gasteiger partial charge in [-0.25, -0.2) is 14.0 Å². The summed E-state index contributed by atoms with van der Waals surface area (Å²) in [5.74, 6) is -1.57. The zero-order valence-electron chi connectivity index (χ0n) is 22.9. The predicted octanol–water partition coefficient (Wildman–Crippen LogP) is 5.61. The zero-order valence-corrected chi connectivity index (χ0v) is 22.9. The molecule has 1 aliphatic heterocycles. The maximum atomic E-state index is 14.4. The first-order valence-corrected chi connectivity index (χ1v) is 14.2. The van der Waals surface area contributed by atoms with Crippen molar-refractivity contribution in [3.8, 4) is 0 Å². The van der Waals surface area contributed by atoms with Gasteiger partial charge in [-0.3, -0.25) is 9.88 Å². The van der Waals surface area contributed by atoms with Gasteiger partial charge in [-0.15, -0.1) is 0 Å². The van der Waals surface area contributed by atoms with Crippen molar-refractivity contribution in [2.45, 2.75) is 128 Å². The second kappa shape index (κ2) is 18.1. The molecule has 4 unspecified atom stereocenters. The number of ether oxygens (including phenoxy) is 2. The molecule has 2 heterocycles. The maximum Gasteiger partial charge on any atom is 0.412 e. The SMILES string of the molecule is CCCCCCCC/C=C\CCCCCCCCOC(=O)Nc1nc(=O)n(C2OC(C)C(O)C2O)cc1F. The number of carbonyl (C=O) groups is 1. The molecule has 0 saturated carbocycles. The first-order chi connectivity index (χ1) is 18.3. The molecule has 1 aromatic rings. The van der Waals surface area contributed by atoms with Gasteiger partial charge in [0, 0.05) is 0 Å². The van der Waals surface area contributed by atoms with Gasteiger partial charge in [0.2, 0.25) is 0 Å². The van der Waals surface area contributed by atoms with E-state index < -0.39 is 48.0 Å². The molecule has 4 atom stereocenters. The number of aromatic nitrogens is 2. The molecule has 0 radical (unpaired) electrons. The van der Waals surface area contributed by atoms with Crippen LogP contribution in [0.4, 0.5) is 15.0 Å². The molecule has 1 aliphatic rings. The number of allylic oxidation sites excluding steroid dienone is 2. The Bertz CT molecular complexity index is 909. The zero-order chi connectivity index (χ0) is 27.8. The number of nitrogens with one attached hydrogen (secondary N) is 1. The summed E-state index contributed by atoms with van der Waals surface area (Å²) >= 11 is 0. The number of hydrogen-bond donors (Lipinski definition) is 3. The van der Waals surface area contributed by atoms with Crippen LogP contribution < -0.4 is 11.0 Å². The van der Waals surface area contributed by atoms with Crippen LogP contribution in [0.5, 0.6) is 0 Å². The van der Waals surface area contributed by atoms with Gasteiger partial charge in [0.15, 0.2) is 17.9 Å². The fourth-order valence-electron chi connectivity index (χ4n) is 4.42. The standard InChI is InChI=1S/C28H46FN3O6/c1-3-4-5-6-7-8-9-10-11-12-13-14-15-16-17-18-19-37-28(36)31-25-22(29)20-32(27(35)30-25)26-24(34)23(33)21(2)38-26/h10-11,20-21,23-24,26,33-34H,3-9,12-19H2,1-2H3,(H,30,31,35,36)/b11-10-. The predicted molar refractivity (Wildman–Crippen MR) is 144 cm³/mol. The van der Waals surface area contributed by atoms with Crippen LogP contribution in [0.2, 0.25) is 0 Å². The van der Waals surface area contributed by atoms with Gasteiger partial charge in [-0.05, 0) is 39.0 Å². The first kappa shape index (κ1) is 31.9. The number of hydrogen-bond acceptors (Lipinski definition) is 7. The van der Waals surface area contributed by atoms with Crippen LogP contribution in [0, 0.1) is 5.82 Å². The van der Waals surface area contributed by atoms with E-state index in [1.807, 2.05) is 0 Å². The lowest BCUT2D eigenvalue weighted by Crippen LogP contribution is -2.36. The van der Waals surface area contributed by atoms with Gasteiger partial charge < -0.3 is 19.7 Å². The summed E-state index contributed by atoms with van der Waals surface area (Å²) in [4.78, 5) is 27.7. The third-order valence-electron chi connectivity index (χ3n) is 6.77. The summed E-state index contributed by atoms with van der Waals surface area (Å²) in [5, 5.41) is 21.9. The highest BCUT2D eigenvalue weighted by atomic mass is 19.1. The van der Waals surface area contributed by atoms with Crippen molar-refractivity contribution in [2.24, 2.45) is 0 Å². The molecule has 2 rings (SSSR count). The lowest BCUT2D eigenvalue weighted by atomic mass is 10.1.